The number of nitriles is 1. The molecule has 0 heterocycles. The third kappa shape index (κ3) is 31.4. The second-order valence-corrected chi connectivity index (χ2v) is 24.5. The molecule has 11 rings (SSSR count). The molecule has 0 fully saturated rings. The topological polar surface area (TPSA) is 307 Å². The second-order valence-electron chi connectivity index (χ2n) is 24.5. The normalized spacial score (nSPS) is 10.2. The van der Waals surface area contributed by atoms with E-state index < -0.39 is 96.2 Å². The lowest BCUT2D eigenvalue weighted by Gasteiger charge is -2.38. The lowest BCUT2D eigenvalue weighted by atomic mass is 9.73. The van der Waals surface area contributed by atoms with E-state index in [2.05, 4.69) is 48.4 Å². The Balaban J connectivity index is 0. The Hall–Kier alpha value is -15.8. The van der Waals surface area contributed by atoms with Gasteiger partial charge >= 0.3 is 66.1 Å². The number of hydrogen-bond donors (Lipinski definition) is 0. The van der Waals surface area contributed by atoms with Crippen molar-refractivity contribution in [1.29, 1.82) is 5.26 Å². The van der Waals surface area contributed by atoms with Crippen LogP contribution in [-0.4, -0.2) is 100 Å². The molecule has 0 unspecified atom stereocenters. The van der Waals surface area contributed by atoms with Crippen molar-refractivity contribution >= 4 is 53.7 Å². The molecule has 0 aliphatic heterocycles. The van der Waals surface area contributed by atoms with E-state index in [9.17, 15) is 69.5 Å². The quantitative estimate of drug-likeness (QED) is 0.00973. The summed E-state index contributed by atoms with van der Waals surface area (Å²) in [6, 6.07) is 55.8. The van der Waals surface area contributed by atoms with Crippen molar-refractivity contribution in [3.63, 3.8) is 0 Å². The Kier molecular flexibility index (Phi) is 49.0. The maximum Gasteiger partial charge on any atom is 0.411 e. The monoisotopic (exact) mass is 1800 g/mol. The number of rotatable bonds is 31. The lowest BCUT2D eigenvalue weighted by molar-refractivity contribution is -0.288. The molecule has 0 aromatic heterocycles. The van der Waals surface area contributed by atoms with Gasteiger partial charge in [0.15, 0.2) is 0 Å². The first kappa shape index (κ1) is 116. The molecule has 24 nitrogen and oxygen atoms in total. The molecule has 0 bridgehead atoms. The summed E-state index contributed by atoms with van der Waals surface area (Å²) >= 11 is 0. The molecular formula is C100H107F6NO23. The lowest BCUT2D eigenvalue weighted by Crippen LogP contribution is -2.54. The van der Waals surface area contributed by atoms with Gasteiger partial charge in [0.25, 0.3) is 0 Å². The van der Waals surface area contributed by atoms with Crippen LogP contribution in [0.4, 0.5) is 26.3 Å². The first-order valence-corrected chi connectivity index (χ1v) is 35.2. The number of ether oxygens (including phenoxy) is 14. The van der Waals surface area contributed by atoms with Gasteiger partial charge in [-0.3, -0.25) is 0 Å². The molecule has 10 aromatic carbocycles. The minimum Gasteiger partial charge on any atom is -0.457 e. The predicted octanol–water partition coefficient (Wildman–Crippen LogP) is 23.7. The largest absolute Gasteiger partial charge is 0.457 e. The van der Waals surface area contributed by atoms with Crippen LogP contribution in [0.15, 0.2) is 294 Å². The van der Waals surface area contributed by atoms with E-state index >= 15 is 0 Å². The van der Waals surface area contributed by atoms with Gasteiger partial charge in [-0.15, -0.1) is 0 Å². The van der Waals surface area contributed by atoms with E-state index in [1.54, 1.807) is 84.9 Å². The minimum absolute atomic E-state index is 0. The van der Waals surface area contributed by atoms with Crippen LogP contribution in [0.5, 0.6) is 51.7 Å². The molecule has 30 heteroatoms. The maximum absolute atomic E-state index is 14.7. The van der Waals surface area contributed by atoms with Crippen molar-refractivity contribution in [1.82, 2.24) is 0 Å². The SMILES string of the molecule is C.C.C.C.C.C.C.C.C.C.C=CC(=O)OCOc1ccc(-c2ccc(C#N)cc2)cc1.C=CC(=O)OCOc1ccc(C(=O)Oc2ccc(C(c3ccc(OC(=O)c4ccc(OCOC(=O)C=C)cc4)cc3)(C(F)(F)F)C(F)(F)F)cc2)cc1.C=CC(=O)OCOc1ccc(C(=O)Oc2ccc3c(c2)C(C)c2cc(OC(=O)c4ccc(OCOC(=O)C=C)cc4)ccc2-3)cc1. The number of alkyl halides is 6. The van der Waals surface area contributed by atoms with Crippen molar-refractivity contribution in [2.24, 2.45) is 0 Å². The van der Waals surface area contributed by atoms with Crippen LogP contribution in [0.25, 0.3) is 22.3 Å². The zero-order chi connectivity index (χ0) is 86.5. The molecule has 1 aliphatic carbocycles. The molecule has 0 radical (unpaired) electrons. The van der Waals surface area contributed by atoms with Crippen molar-refractivity contribution < 1.29 is 136 Å². The third-order valence-electron chi connectivity index (χ3n) is 17.1. The van der Waals surface area contributed by atoms with Gasteiger partial charge in [0.1, 0.15) is 51.7 Å². The first-order valence-electron chi connectivity index (χ1n) is 35.2. The molecule has 0 saturated carbocycles. The van der Waals surface area contributed by atoms with Crippen LogP contribution in [0.2, 0.25) is 0 Å². The van der Waals surface area contributed by atoms with E-state index in [-0.39, 0.29) is 135 Å². The summed E-state index contributed by atoms with van der Waals surface area (Å²) in [7, 11) is 0. The summed E-state index contributed by atoms with van der Waals surface area (Å²) in [5.74, 6) is -4.40. The maximum atomic E-state index is 14.7. The number of nitrogens with zero attached hydrogens (tertiary/aromatic N) is 1. The number of carbonyl (C=O) groups is 9. The molecular weight excluding hydrogens is 1700 g/mol. The van der Waals surface area contributed by atoms with E-state index in [1.807, 2.05) is 55.5 Å². The summed E-state index contributed by atoms with van der Waals surface area (Å²) in [6.45, 7) is 16.8. The molecule has 10 aromatic rings. The smallest absolute Gasteiger partial charge is 0.411 e. The van der Waals surface area contributed by atoms with Gasteiger partial charge in [0.05, 0.1) is 33.9 Å². The first-order chi connectivity index (χ1) is 57.6. The summed E-state index contributed by atoms with van der Waals surface area (Å²) in [4.78, 5) is 106. The highest BCUT2D eigenvalue weighted by Crippen LogP contribution is 2.57. The van der Waals surface area contributed by atoms with Crippen molar-refractivity contribution in [3.8, 4) is 80.1 Å². The number of hydrogen-bond acceptors (Lipinski definition) is 24. The molecule has 1 aliphatic rings. The van der Waals surface area contributed by atoms with E-state index in [4.69, 9.17) is 62.1 Å². The fourth-order valence-corrected chi connectivity index (χ4v) is 11.1. The van der Waals surface area contributed by atoms with Gasteiger partial charge in [0.2, 0.25) is 39.4 Å². The highest BCUT2D eigenvalue weighted by atomic mass is 19.4. The summed E-state index contributed by atoms with van der Waals surface area (Å²) in [6.07, 6.45) is -6.85. The third-order valence-corrected chi connectivity index (χ3v) is 17.1. The number of halogens is 6. The van der Waals surface area contributed by atoms with Gasteiger partial charge in [-0.1, -0.05) is 175 Å². The summed E-state index contributed by atoms with van der Waals surface area (Å²) in [5, 5.41) is 8.77. The average molecular weight is 1800 g/mol. The molecule has 0 spiro atoms. The van der Waals surface area contributed by atoms with E-state index in [1.165, 1.54) is 48.5 Å². The number of benzene rings is 10. The van der Waals surface area contributed by atoms with Crippen LogP contribution in [-0.2, 0) is 53.1 Å². The molecule has 0 amide bonds. The Morgan fingerprint density at radius 1 is 0.308 bits per heavy atom. The Bertz CT molecular complexity index is 5160. The van der Waals surface area contributed by atoms with Crippen molar-refractivity contribution in [2.75, 3.05) is 34.0 Å². The average Bonchev–Trinajstić information content (AvgIpc) is 0.728. The zero-order valence-corrected chi connectivity index (χ0v) is 63.1. The molecule has 0 saturated heterocycles. The van der Waals surface area contributed by atoms with Gasteiger partial charge in [-0.2, -0.15) is 31.6 Å². The van der Waals surface area contributed by atoms with Crippen LogP contribution in [0.1, 0.15) is 156 Å². The highest BCUT2D eigenvalue weighted by molar-refractivity contribution is 5.94. The number of esters is 9. The Morgan fingerprint density at radius 3 is 0.738 bits per heavy atom. The number of fused-ring (bicyclic) bond motifs is 3. The number of carbonyl (C=O) groups excluding carboxylic acids is 9. The zero-order valence-electron chi connectivity index (χ0n) is 63.1. The fourth-order valence-electron chi connectivity index (χ4n) is 11.1. The molecule has 130 heavy (non-hydrogen) atoms. The fraction of sp³-hybridized carbons (Fsp3) is 0.200. The van der Waals surface area contributed by atoms with E-state index in [0.717, 1.165) is 88.0 Å². The molecule has 692 valence electrons. The van der Waals surface area contributed by atoms with Gasteiger partial charge in [0, 0.05) is 36.3 Å². The Morgan fingerprint density at radius 2 is 0.515 bits per heavy atom. The van der Waals surface area contributed by atoms with Crippen molar-refractivity contribution in [2.45, 2.75) is 105 Å². The molecule has 0 atom stereocenters. The predicted molar refractivity (Wildman–Crippen MR) is 484 cm³/mol. The Labute approximate surface area is 754 Å². The van der Waals surface area contributed by atoms with Gasteiger partial charge < -0.3 is 66.3 Å². The van der Waals surface area contributed by atoms with E-state index in [0.29, 0.717) is 69.7 Å². The summed E-state index contributed by atoms with van der Waals surface area (Å²) < 4.78 is 159. The van der Waals surface area contributed by atoms with Crippen molar-refractivity contribution in [3.05, 3.63) is 344 Å². The molecule has 0 N–H and O–H groups in total. The van der Waals surface area contributed by atoms with Gasteiger partial charge in [-0.05, 0) is 214 Å². The highest BCUT2D eigenvalue weighted by Gasteiger charge is 2.72. The van der Waals surface area contributed by atoms with Crippen LogP contribution in [0, 0.1) is 11.3 Å². The van der Waals surface area contributed by atoms with Gasteiger partial charge in [-0.25, -0.2) is 43.2 Å². The van der Waals surface area contributed by atoms with Crippen LogP contribution < -0.4 is 42.6 Å². The standard InChI is InChI=1S/C37H26F6O10.C36H28O10.C17H13NO3.10CH4/c1-3-31(44)50-21-48-27-13-5-23(6-14-27)33(46)52-29-17-9-25(10-18-29)35(36(38,39)40,37(41,42)43)26-11-19-30(20-12-26)53-34(47)24-7-15-28(16-8-24)49-22-51-32(45)4-2;1-4-33(37)43-20-41-25-10-6-23(7-11-25)35(39)45-27-14-16-29-30-17-15-28(19-32(30)22(3)31(29)18-27)46-36(40)24-8-12-26(13-9-24)42-21-44-34(38)5-2;1-2-17(19)21-12-20-16-9-7-15(8-10-16)14-5-3-13(11-18)4-6-14;;;;;;;;;;/h3-20H,1-2,21-22H2;4-19,22H,1-2,20-21H2,3H3;2-10H,1,12H2;10*1H4. The minimum atomic E-state index is -5.93. The van der Waals surface area contributed by atoms with Crippen LogP contribution >= 0.6 is 0 Å². The van der Waals surface area contributed by atoms with Crippen LogP contribution in [0.3, 0.4) is 0 Å². The summed E-state index contributed by atoms with van der Waals surface area (Å²) in [5.41, 5.74) is 0.107. The second kappa shape index (κ2) is 54.8.